The predicted octanol–water partition coefficient (Wildman–Crippen LogP) is 4.27. The highest BCUT2D eigenvalue weighted by Gasteiger charge is 2.18. The van der Waals surface area contributed by atoms with Gasteiger partial charge < -0.3 is 14.8 Å². The first-order valence-electron chi connectivity index (χ1n) is 7.98. The molecule has 0 fully saturated rings. The molecule has 23 heavy (non-hydrogen) atoms. The van der Waals surface area contributed by atoms with E-state index in [0.29, 0.717) is 18.8 Å². The van der Waals surface area contributed by atoms with E-state index in [-0.39, 0.29) is 5.91 Å². The highest BCUT2D eigenvalue weighted by atomic mass is 16.5. The number of amides is 1. The van der Waals surface area contributed by atoms with E-state index in [1.165, 1.54) is 0 Å². The quantitative estimate of drug-likeness (QED) is 0.791. The van der Waals surface area contributed by atoms with Gasteiger partial charge in [0.15, 0.2) is 6.10 Å². The van der Waals surface area contributed by atoms with Crippen molar-refractivity contribution in [3.05, 3.63) is 54.6 Å². The lowest BCUT2D eigenvalue weighted by Gasteiger charge is -2.17. The second-order valence-corrected chi connectivity index (χ2v) is 5.19. The lowest BCUT2D eigenvalue weighted by Crippen LogP contribution is -2.32. The second kappa shape index (κ2) is 8.83. The summed E-state index contributed by atoms with van der Waals surface area (Å²) in [6.07, 6.45) is 1.04. The van der Waals surface area contributed by atoms with Crippen LogP contribution in [0.1, 0.15) is 26.7 Å². The highest BCUT2D eigenvalue weighted by Crippen LogP contribution is 2.18. The molecule has 2 aromatic rings. The van der Waals surface area contributed by atoms with Crippen LogP contribution in [0.5, 0.6) is 11.5 Å². The third-order valence-electron chi connectivity index (χ3n) is 3.28. The SMILES string of the molecule is CCCOc1ccc(NC(=O)[C@@H](CC)Oc2ccccc2)cc1. The molecule has 0 aromatic heterocycles. The molecule has 0 saturated carbocycles. The number of rotatable bonds is 8. The van der Waals surface area contributed by atoms with Gasteiger partial charge in [0.25, 0.3) is 5.91 Å². The summed E-state index contributed by atoms with van der Waals surface area (Å²) in [7, 11) is 0. The molecular weight excluding hydrogens is 290 g/mol. The van der Waals surface area contributed by atoms with Crippen molar-refractivity contribution in [2.45, 2.75) is 32.8 Å². The Kier molecular flexibility index (Phi) is 6.48. The van der Waals surface area contributed by atoms with Gasteiger partial charge in [0.2, 0.25) is 0 Å². The normalized spacial score (nSPS) is 11.6. The summed E-state index contributed by atoms with van der Waals surface area (Å²) in [5.41, 5.74) is 0.731. The lowest BCUT2D eigenvalue weighted by atomic mass is 10.2. The fraction of sp³-hybridized carbons (Fsp3) is 0.316. The number of carbonyl (C=O) groups is 1. The Bertz CT molecular complexity index is 596. The molecule has 0 heterocycles. The average molecular weight is 313 g/mol. The number of anilines is 1. The van der Waals surface area contributed by atoms with Crippen LogP contribution in [0.3, 0.4) is 0 Å². The Morgan fingerprint density at radius 2 is 1.70 bits per heavy atom. The number of nitrogens with one attached hydrogen (secondary N) is 1. The van der Waals surface area contributed by atoms with Crippen molar-refractivity contribution >= 4 is 11.6 Å². The molecule has 0 aliphatic rings. The van der Waals surface area contributed by atoms with E-state index in [1.54, 1.807) is 0 Å². The van der Waals surface area contributed by atoms with Crippen LogP contribution in [0.4, 0.5) is 5.69 Å². The van der Waals surface area contributed by atoms with E-state index in [2.05, 4.69) is 12.2 Å². The van der Waals surface area contributed by atoms with Crippen molar-refractivity contribution < 1.29 is 14.3 Å². The molecular formula is C19H23NO3. The van der Waals surface area contributed by atoms with Crippen molar-refractivity contribution in [2.75, 3.05) is 11.9 Å². The van der Waals surface area contributed by atoms with E-state index in [0.717, 1.165) is 17.9 Å². The molecule has 1 amide bonds. The minimum Gasteiger partial charge on any atom is -0.494 e. The highest BCUT2D eigenvalue weighted by molar-refractivity contribution is 5.94. The number of hydrogen-bond acceptors (Lipinski definition) is 3. The smallest absolute Gasteiger partial charge is 0.265 e. The monoisotopic (exact) mass is 313 g/mol. The zero-order chi connectivity index (χ0) is 16.5. The molecule has 0 aliphatic heterocycles. The minimum absolute atomic E-state index is 0.154. The number of hydrogen-bond donors (Lipinski definition) is 1. The number of benzene rings is 2. The van der Waals surface area contributed by atoms with E-state index in [1.807, 2.05) is 61.5 Å². The van der Waals surface area contributed by atoms with Crippen molar-refractivity contribution in [1.29, 1.82) is 0 Å². The van der Waals surface area contributed by atoms with Gasteiger partial charge in [0.1, 0.15) is 11.5 Å². The molecule has 2 aromatic carbocycles. The van der Waals surface area contributed by atoms with Gasteiger partial charge in [-0.2, -0.15) is 0 Å². The minimum atomic E-state index is -0.520. The van der Waals surface area contributed by atoms with Crippen LogP contribution >= 0.6 is 0 Å². The Labute approximate surface area is 137 Å². The molecule has 0 radical (unpaired) electrons. The molecule has 0 spiro atoms. The molecule has 0 bridgehead atoms. The van der Waals surface area contributed by atoms with Crippen molar-refractivity contribution in [3.63, 3.8) is 0 Å². The Morgan fingerprint density at radius 3 is 2.30 bits per heavy atom. The van der Waals surface area contributed by atoms with Crippen LogP contribution in [-0.4, -0.2) is 18.6 Å². The molecule has 4 heteroatoms. The van der Waals surface area contributed by atoms with Gasteiger partial charge in [-0.15, -0.1) is 0 Å². The first kappa shape index (κ1) is 16.9. The Morgan fingerprint density at radius 1 is 1.00 bits per heavy atom. The molecule has 0 aliphatic carbocycles. The Balaban J connectivity index is 1.93. The molecule has 2 rings (SSSR count). The lowest BCUT2D eigenvalue weighted by molar-refractivity contribution is -0.122. The van der Waals surface area contributed by atoms with E-state index >= 15 is 0 Å². The maximum atomic E-state index is 12.3. The summed E-state index contributed by atoms with van der Waals surface area (Å²) in [4.78, 5) is 12.3. The van der Waals surface area contributed by atoms with Gasteiger partial charge in [-0.25, -0.2) is 0 Å². The van der Waals surface area contributed by atoms with Crippen molar-refractivity contribution in [3.8, 4) is 11.5 Å². The van der Waals surface area contributed by atoms with Gasteiger partial charge >= 0.3 is 0 Å². The van der Waals surface area contributed by atoms with Gasteiger partial charge in [-0.1, -0.05) is 32.0 Å². The maximum absolute atomic E-state index is 12.3. The van der Waals surface area contributed by atoms with Gasteiger partial charge in [0, 0.05) is 5.69 Å². The van der Waals surface area contributed by atoms with Crippen LogP contribution in [0, 0.1) is 0 Å². The summed E-state index contributed by atoms with van der Waals surface area (Å²) >= 11 is 0. The third-order valence-corrected chi connectivity index (χ3v) is 3.28. The Hall–Kier alpha value is -2.49. The molecule has 0 unspecified atom stereocenters. The topological polar surface area (TPSA) is 47.6 Å². The van der Waals surface area contributed by atoms with E-state index < -0.39 is 6.10 Å². The summed E-state index contributed by atoms with van der Waals surface area (Å²) in [5, 5.41) is 2.88. The van der Waals surface area contributed by atoms with E-state index in [4.69, 9.17) is 9.47 Å². The van der Waals surface area contributed by atoms with Crippen molar-refractivity contribution in [1.82, 2.24) is 0 Å². The summed E-state index contributed by atoms with van der Waals surface area (Å²) in [6, 6.07) is 16.7. The third kappa shape index (κ3) is 5.33. The van der Waals surface area contributed by atoms with Crippen LogP contribution in [0.2, 0.25) is 0 Å². The zero-order valence-corrected chi connectivity index (χ0v) is 13.6. The molecule has 1 atom stereocenters. The van der Waals surface area contributed by atoms with Crippen LogP contribution in [0.15, 0.2) is 54.6 Å². The zero-order valence-electron chi connectivity index (χ0n) is 13.6. The first-order chi connectivity index (χ1) is 11.2. The summed E-state index contributed by atoms with van der Waals surface area (Å²) < 4.78 is 11.3. The molecule has 4 nitrogen and oxygen atoms in total. The number of ether oxygens (including phenoxy) is 2. The molecule has 122 valence electrons. The predicted molar refractivity (Wildman–Crippen MR) is 92.0 cm³/mol. The standard InChI is InChI=1S/C19H23NO3/c1-3-14-22-16-12-10-15(11-13-16)20-19(21)18(4-2)23-17-8-6-5-7-9-17/h5-13,18H,3-4,14H2,1-2H3,(H,20,21)/t18-/m1/s1. The van der Waals surface area contributed by atoms with Gasteiger partial charge in [-0.3, -0.25) is 4.79 Å². The van der Waals surface area contributed by atoms with Crippen LogP contribution in [0.25, 0.3) is 0 Å². The van der Waals surface area contributed by atoms with Crippen LogP contribution in [-0.2, 0) is 4.79 Å². The molecule has 0 saturated heterocycles. The number of para-hydroxylation sites is 1. The van der Waals surface area contributed by atoms with Crippen LogP contribution < -0.4 is 14.8 Å². The van der Waals surface area contributed by atoms with Gasteiger partial charge in [-0.05, 0) is 49.2 Å². The average Bonchev–Trinajstić information content (AvgIpc) is 2.60. The number of carbonyl (C=O) groups excluding carboxylic acids is 1. The first-order valence-corrected chi connectivity index (χ1v) is 7.98. The largest absolute Gasteiger partial charge is 0.494 e. The second-order valence-electron chi connectivity index (χ2n) is 5.19. The maximum Gasteiger partial charge on any atom is 0.265 e. The summed E-state index contributed by atoms with van der Waals surface area (Å²) in [5.74, 6) is 1.34. The van der Waals surface area contributed by atoms with Gasteiger partial charge in [0.05, 0.1) is 6.61 Å². The van der Waals surface area contributed by atoms with Crippen molar-refractivity contribution in [2.24, 2.45) is 0 Å². The fourth-order valence-electron chi connectivity index (χ4n) is 2.06. The fourth-order valence-corrected chi connectivity index (χ4v) is 2.06. The summed E-state index contributed by atoms with van der Waals surface area (Å²) in [6.45, 7) is 4.68. The van der Waals surface area contributed by atoms with E-state index in [9.17, 15) is 4.79 Å². The molecule has 1 N–H and O–H groups in total.